The lowest BCUT2D eigenvalue weighted by atomic mass is 9.82. The summed E-state index contributed by atoms with van der Waals surface area (Å²) in [5, 5.41) is 10.4. The van der Waals surface area contributed by atoms with Gasteiger partial charge in [0.2, 0.25) is 10.0 Å². The Hall–Kier alpha value is -3.35. The first kappa shape index (κ1) is 34.0. The number of anilines is 1. The van der Waals surface area contributed by atoms with Crippen LogP contribution in [0.5, 0.6) is 17.2 Å². The van der Waals surface area contributed by atoms with Gasteiger partial charge in [-0.15, -0.1) is 0 Å². The molecule has 0 radical (unpaired) electrons. The maximum atomic E-state index is 14.2. The molecule has 11 heteroatoms. The van der Waals surface area contributed by atoms with Crippen molar-refractivity contribution in [2.45, 2.75) is 68.7 Å². The lowest BCUT2D eigenvalue weighted by molar-refractivity contribution is -0.0213. The fraction of sp³-hybridized carbons (Fsp3) is 0.486. The molecule has 0 aliphatic carbocycles. The topological polar surface area (TPSA) is 124 Å². The molecule has 2 aliphatic rings. The number of hydrogen-bond acceptors (Lipinski definition) is 9. The molecule has 2 heterocycles. The predicted octanol–water partition coefficient (Wildman–Crippen LogP) is 4.81. The normalized spacial score (nSPS) is 21.0. The van der Waals surface area contributed by atoms with E-state index in [1.807, 2.05) is 43.3 Å². The number of fused-ring (bicyclic) bond motifs is 1. The Balaban J connectivity index is 1.45. The summed E-state index contributed by atoms with van der Waals surface area (Å²) in [6.07, 6.45) is 1.48. The van der Waals surface area contributed by atoms with Crippen LogP contribution in [0.1, 0.15) is 48.8 Å². The number of piperidine rings is 1. The summed E-state index contributed by atoms with van der Waals surface area (Å²) in [6.45, 7) is 7.05. The highest BCUT2D eigenvalue weighted by molar-refractivity contribution is 7.89. The first-order valence-corrected chi connectivity index (χ1v) is 17.4. The highest BCUT2D eigenvalue weighted by Crippen LogP contribution is 2.40. The number of nitrogens with zero attached hydrogens (tertiary/aromatic N) is 2. The van der Waals surface area contributed by atoms with Crippen molar-refractivity contribution in [1.29, 1.82) is 0 Å². The van der Waals surface area contributed by atoms with E-state index >= 15 is 0 Å². The number of rotatable bonds is 13. The summed E-state index contributed by atoms with van der Waals surface area (Å²) in [4.78, 5) is 2.36. The fourth-order valence-corrected chi connectivity index (χ4v) is 8.13. The van der Waals surface area contributed by atoms with Crippen molar-refractivity contribution in [3.63, 3.8) is 0 Å². The molecule has 46 heavy (non-hydrogen) atoms. The highest BCUT2D eigenvalue weighted by Gasteiger charge is 2.43. The largest absolute Gasteiger partial charge is 0.508 e. The molecule has 0 bridgehead atoms. The zero-order chi connectivity index (χ0) is 32.8. The zero-order valence-corrected chi connectivity index (χ0v) is 28.0. The standard InChI is InChI=1S/C35H47N3O7S/c1-24-6-12-30(21-33(24)39)46(40,41)38-22-35(31(20-28(38)18-25(2)36)27-8-10-29(43-4)11-9-27)45-23-26-7-13-34-32(19-26)37(15-17-44-34)14-5-16-42-3/h6-13,19,21,25,28,31,35,39H,5,14-18,20,22-23,36H2,1-4H3/t25-,28+,31-,35+/m1/s1. The Morgan fingerprint density at radius 3 is 2.57 bits per heavy atom. The molecule has 1 saturated heterocycles. The molecule has 5 rings (SSSR count). The number of aromatic hydroxyl groups is 1. The average Bonchev–Trinajstić information content (AvgIpc) is 3.05. The van der Waals surface area contributed by atoms with Crippen LogP contribution in [-0.4, -0.2) is 83.1 Å². The molecule has 3 N–H and O–H groups in total. The summed E-state index contributed by atoms with van der Waals surface area (Å²) >= 11 is 0. The minimum absolute atomic E-state index is 0.0511. The van der Waals surface area contributed by atoms with Crippen molar-refractivity contribution < 1.29 is 32.5 Å². The number of phenolic OH excluding ortho intramolecular Hbond substituents is 1. The van der Waals surface area contributed by atoms with Crippen molar-refractivity contribution in [2.24, 2.45) is 5.73 Å². The van der Waals surface area contributed by atoms with E-state index in [4.69, 9.17) is 24.7 Å². The molecule has 0 saturated carbocycles. The van der Waals surface area contributed by atoms with Gasteiger partial charge in [-0.2, -0.15) is 4.31 Å². The minimum atomic E-state index is -3.97. The first-order chi connectivity index (χ1) is 22.1. The molecule has 0 spiro atoms. The van der Waals surface area contributed by atoms with Gasteiger partial charge >= 0.3 is 0 Å². The quantitative estimate of drug-likeness (QED) is 0.250. The van der Waals surface area contributed by atoms with Gasteiger partial charge in [-0.3, -0.25) is 0 Å². The fourth-order valence-electron chi connectivity index (χ4n) is 6.45. The summed E-state index contributed by atoms with van der Waals surface area (Å²) in [5.41, 5.74) is 9.94. The maximum Gasteiger partial charge on any atom is 0.243 e. The van der Waals surface area contributed by atoms with Gasteiger partial charge in [-0.1, -0.05) is 24.3 Å². The molecule has 1 fully saturated rings. The summed E-state index contributed by atoms with van der Waals surface area (Å²) < 4.78 is 53.1. The number of phenols is 1. The third-order valence-electron chi connectivity index (χ3n) is 8.94. The molecule has 10 nitrogen and oxygen atoms in total. The van der Waals surface area contributed by atoms with Gasteiger partial charge in [0.15, 0.2) is 0 Å². The molecule has 3 aromatic carbocycles. The Morgan fingerprint density at radius 2 is 1.87 bits per heavy atom. The lowest BCUT2D eigenvalue weighted by Crippen LogP contribution is -2.53. The second-order valence-electron chi connectivity index (χ2n) is 12.3. The zero-order valence-electron chi connectivity index (χ0n) is 27.2. The number of sulfonamides is 1. The first-order valence-electron chi connectivity index (χ1n) is 15.9. The van der Waals surface area contributed by atoms with Gasteiger partial charge in [0.05, 0.1) is 36.9 Å². The smallest absolute Gasteiger partial charge is 0.243 e. The molecule has 2 aliphatic heterocycles. The minimum Gasteiger partial charge on any atom is -0.508 e. The van der Waals surface area contributed by atoms with Gasteiger partial charge < -0.3 is 34.7 Å². The molecular formula is C35H47N3O7S. The van der Waals surface area contributed by atoms with E-state index in [1.54, 1.807) is 33.3 Å². The van der Waals surface area contributed by atoms with Gasteiger partial charge in [-0.25, -0.2) is 8.42 Å². The van der Waals surface area contributed by atoms with Crippen LogP contribution in [0.3, 0.4) is 0 Å². The Morgan fingerprint density at radius 1 is 1.09 bits per heavy atom. The van der Waals surface area contributed by atoms with E-state index in [-0.39, 0.29) is 35.2 Å². The van der Waals surface area contributed by atoms with Crippen molar-refractivity contribution in [3.8, 4) is 17.2 Å². The van der Waals surface area contributed by atoms with Crippen molar-refractivity contribution in [2.75, 3.05) is 52.0 Å². The van der Waals surface area contributed by atoms with Crippen LogP contribution >= 0.6 is 0 Å². The second-order valence-corrected chi connectivity index (χ2v) is 14.2. The highest BCUT2D eigenvalue weighted by atomic mass is 32.2. The predicted molar refractivity (Wildman–Crippen MR) is 178 cm³/mol. The van der Waals surface area contributed by atoms with Gasteiger partial charge in [0, 0.05) is 50.9 Å². The van der Waals surface area contributed by atoms with E-state index in [0.29, 0.717) is 38.2 Å². The Bertz CT molecular complexity index is 1560. The number of benzene rings is 3. The van der Waals surface area contributed by atoms with Crippen LogP contribution in [0.25, 0.3) is 0 Å². The van der Waals surface area contributed by atoms with Crippen LogP contribution in [0.15, 0.2) is 65.6 Å². The molecule has 250 valence electrons. The summed E-state index contributed by atoms with van der Waals surface area (Å²) in [5.74, 6) is 1.45. The van der Waals surface area contributed by atoms with Gasteiger partial charge in [0.1, 0.15) is 23.9 Å². The molecule has 0 unspecified atom stereocenters. The number of aryl methyl sites for hydroxylation is 1. The van der Waals surface area contributed by atoms with Crippen LogP contribution in [0.2, 0.25) is 0 Å². The molecule has 0 amide bonds. The summed E-state index contributed by atoms with van der Waals surface area (Å²) in [6, 6.07) is 17.9. The number of ether oxygens (including phenoxy) is 4. The van der Waals surface area contributed by atoms with E-state index in [2.05, 4.69) is 11.0 Å². The van der Waals surface area contributed by atoms with Crippen molar-refractivity contribution in [3.05, 3.63) is 77.4 Å². The van der Waals surface area contributed by atoms with Gasteiger partial charge in [0.25, 0.3) is 0 Å². The Kier molecular flexibility index (Phi) is 11.1. The molecule has 4 atom stereocenters. The summed E-state index contributed by atoms with van der Waals surface area (Å²) in [7, 11) is -0.630. The monoisotopic (exact) mass is 653 g/mol. The van der Waals surface area contributed by atoms with Crippen LogP contribution in [-0.2, 0) is 26.1 Å². The number of hydrogen-bond donors (Lipinski definition) is 2. The van der Waals surface area contributed by atoms with Gasteiger partial charge in [-0.05, 0) is 80.1 Å². The van der Waals surface area contributed by atoms with Crippen LogP contribution in [0, 0.1) is 6.92 Å². The van der Waals surface area contributed by atoms with E-state index < -0.39 is 16.1 Å². The third kappa shape index (κ3) is 7.78. The van der Waals surface area contributed by atoms with Crippen molar-refractivity contribution >= 4 is 15.7 Å². The van der Waals surface area contributed by atoms with E-state index in [1.165, 1.54) is 10.4 Å². The third-order valence-corrected chi connectivity index (χ3v) is 10.9. The SMILES string of the molecule is COCCCN1CCOc2ccc(CO[C@H]3CN(S(=O)(=O)c4ccc(C)c(O)c4)[C@@H](C[C@@H](C)N)C[C@@H]3c3ccc(OC)cc3)cc21. The maximum absolute atomic E-state index is 14.2. The van der Waals surface area contributed by atoms with Crippen LogP contribution < -0.4 is 20.1 Å². The van der Waals surface area contributed by atoms with Crippen molar-refractivity contribution in [1.82, 2.24) is 4.31 Å². The molecular weight excluding hydrogens is 606 g/mol. The molecule has 3 aromatic rings. The lowest BCUT2D eigenvalue weighted by Gasteiger charge is -2.44. The Labute approximate surface area is 273 Å². The second kappa shape index (κ2) is 15.0. The number of nitrogens with two attached hydrogens (primary N) is 1. The van der Waals surface area contributed by atoms with E-state index in [0.717, 1.165) is 47.8 Å². The van der Waals surface area contributed by atoms with E-state index in [9.17, 15) is 13.5 Å². The molecule has 0 aromatic heterocycles. The average molecular weight is 654 g/mol. The van der Waals surface area contributed by atoms with Crippen LogP contribution in [0.4, 0.5) is 5.69 Å². The number of methoxy groups -OCH3 is 2.